The van der Waals surface area contributed by atoms with Gasteiger partial charge in [0.25, 0.3) is 0 Å². The predicted molar refractivity (Wildman–Crippen MR) is 76.8 cm³/mol. The summed E-state index contributed by atoms with van der Waals surface area (Å²) in [5.74, 6) is 0.813. The van der Waals surface area contributed by atoms with Gasteiger partial charge in [0.1, 0.15) is 5.76 Å². The molecular formula is C14H25N3O3. The van der Waals surface area contributed by atoms with Crippen LogP contribution < -0.4 is 10.6 Å². The Morgan fingerprint density at radius 1 is 1.45 bits per heavy atom. The fourth-order valence-corrected chi connectivity index (χ4v) is 1.95. The summed E-state index contributed by atoms with van der Waals surface area (Å²) in [4.78, 5) is 11.7. The van der Waals surface area contributed by atoms with E-state index in [1.54, 1.807) is 0 Å². The summed E-state index contributed by atoms with van der Waals surface area (Å²) in [6.45, 7) is 9.71. The first kappa shape index (κ1) is 16.5. The van der Waals surface area contributed by atoms with Crippen molar-refractivity contribution in [2.75, 3.05) is 19.8 Å². The number of hydrogen-bond donors (Lipinski definition) is 2. The molecule has 0 aliphatic heterocycles. The number of aryl methyl sites for hydroxylation is 2. The summed E-state index contributed by atoms with van der Waals surface area (Å²) >= 11 is 0. The molecule has 1 heterocycles. The van der Waals surface area contributed by atoms with Crippen LogP contribution in [0, 0.1) is 13.8 Å². The van der Waals surface area contributed by atoms with Gasteiger partial charge in [0, 0.05) is 31.4 Å². The zero-order chi connectivity index (χ0) is 15.0. The molecule has 0 aromatic carbocycles. The Kier molecular flexibility index (Phi) is 7.08. The molecule has 0 aliphatic rings. The lowest BCUT2D eigenvalue weighted by atomic mass is 10.1. The number of carbonyl (C=O) groups excluding carboxylic acids is 1. The van der Waals surface area contributed by atoms with Gasteiger partial charge in [0.2, 0.25) is 0 Å². The minimum absolute atomic E-state index is 0.0266. The lowest BCUT2D eigenvalue weighted by molar-refractivity contribution is 0.145. The summed E-state index contributed by atoms with van der Waals surface area (Å²) in [5, 5.41) is 9.62. The van der Waals surface area contributed by atoms with Gasteiger partial charge in [-0.25, -0.2) is 4.79 Å². The molecule has 6 nitrogen and oxygen atoms in total. The molecule has 6 heteroatoms. The first-order valence-electron chi connectivity index (χ1n) is 7.08. The first-order valence-corrected chi connectivity index (χ1v) is 7.08. The van der Waals surface area contributed by atoms with Crippen molar-refractivity contribution in [2.45, 2.75) is 46.6 Å². The molecule has 20 heavy (non-hydrogen) atoms. The fourth-order valence-electron chi connectivity index (χ4n) is 1.95. The Bertz CT molecular complexity index is 398. The molecule has 2 amide bonds. The number of amides is 2. The van der Waals surface area contributed by atoms with E-state index < -0.39 is 0 Å². The number of ether oxygens (including phenoxy) is 1. The molecule has 0 bridgehead atoms. The lowest BCUT2D eigenvalue weighted by Crippen LogP contribution is -2.42. The van der Waals surface area contributed by atoms with Crippen LogP contribution >= 0.6 is 0 Å². The molecule has 1 atom stereocenters. The van der Waals surface area contributed by atoms with Crippen LogP contribution in [0.1, 0.15) is 37.3 Å². The van der Waals surface area contributed by atoms with E-state index in [1.807, 2.05) is 27.7 Å². The van der Waals surface area contributed by atoms with Crippen molar-refractivity contribution in [3.8, 4) is 0 Å². The molecule has 0 radical (unpaired) electrons. The van der Waals surface area contributed by atoms with Crippen molar-refractivity contribution in [3.05, 3.63) is 17.0 Å². The van der Waals surface area contributed by atoms with Crippen molar-refractivity contribution >= 4 is 6.03 Å². The largest absolute Gasteiger partial charge is 0.382 e. The summed E-state index contributed by atoms with van der Waals surface area (Å²) in [6, 6.07) is -0.126. The van der Waals surface area contributed by atoms with Crippen molar-refractivity contribution in [2.24, 2.45) is 0 Å². The number of aromatic nitrogens is 1. The van der Waals surface area contributed by atoms with E-state index >= 15 is 0 Å². The van der Waals surface area contributed by atoms with Gasteiger partial charge in [-0.05, 0) is 40.5 Å². The van der Waals surface area contributed by atoms with E-state index in [-0.39, 0.29) is 12.1 Å². The van der Waals surface area contributed by atoms with Crippen LogP contribution in [0.5, 0.6) is 0 Å². The monoisotopic (exact) mass is 283 g/mol. The van der Waals surface area contributed by atoms with Crippen molar-refractivity contribution in [1.82, 2.24) is 15.8 Å². The zero-order valence-corrected chi connectivity index (χ0v) is 12.8. The molecule has 1 aromatic rings. The molecular weight excluding hydrogens is 258 g/mol. The normalized spacial score (nSPS) is 12.2. The van der Waals surface area contributed by atoms with Crippen LogP contribution in [0.15, 0.2) is 4.52 Å². The highest BCUT2D eigenvalue weighted by Gasteiger charge is 2.14. The summed E-state index contributed by atoms with van der Waals surface area (Å²) in [7, 11) is 0. The molecule has 1 rings (SSSR count). The molecule has 0 saturated carbocycles. The first-order chi connectivity index (χ1) is 9.54. The Morgan fingerprint density at radius 3 is 2.80 bits per heavy atom. The molecule has 0 fully saturated rings. The average molecular weight is 283 g/mol. The van der Waals surface area contributed by atoms with E-state index in [0.717, 1.165) is 23.4 Å². The maximum atomic E-state index is 11.7. The van der Waals surface area contributed by atoms with Crippen molar-refractivity contribution < 1.29 is 14.1 Å². The Hall–Kier alpha value is -1.56. The van der Waals surface area contributed by atoms with Crippen LogP contribution in [-0.4, -0.2) is 37.0 Å². The van der Waals surface area contributed by atoms with Gasteiger partial charge in [0.05, 0.1) is 5.69 Å². The van der Waals surface area contributed by atoms with Crippen molar-refractivity contribution in [1.29, 1.82) is 0 Å². The number of rotatable bonds is 8. The summed E-state index contributed by atoms with van der Waals surface area (Å²) in [6.07, 6.45) is 1.53. The number of carbonyl (C=O) groups is 1. The Balaban J connectivity index is 2.24. The molecule has 0 spiro atoms. The van der Waals surface area contributed by atoms with E-state index in [2.05, 4.69) is 15.8 Å². The molecule has 2 N–H and O–H groups in total. The third-order valence-corrected chi connectivity index (χ3v) is 3.02. The smallest absolute Gasteiger partial charge is 0.315 e. The van der Waals surface area contributed by atoms with Crippen LogP contribution in [0.2, 0.25) is 0 Å². The maximum Gasteiger partial charge on any atom is 0.315 e. The minimum Gasteiger partial charge on any atom is -0.382 e. The fraction of sp³-hybridized carbons (Fsp3) is 0.714. The SMILES string of the molecule is CCOCCCNC(=O)NC(C)Cc1c(C)noc1C. The third kappa shape index (κ3) is 5.61. The van der Waals surface area contributed by atoms with Crippen LogP contribution in [0.3, 0.4) is 0 Å². The van der Waals surface area contributed by atoms with Gasteiger partial charge in [-0.15, -0.1) is 0 Å². The van der Waals surface area contributed by atoms with E-state index in [0.29, 0.717) is 26.2 Å². The Morgan fingerprint density at radius 2 is 2.20 bits per heavy atom. The number of nitrogens with zero attached hydrogens (tertiary/aromatic N) is 1. The maximum absolute atomic E-state index is 11.7. The zero-order valence-electron chi connectivity index (χ0n) is 12.8. The topological polar surface area (TPSA) is 76.4 Å². The summed E-state index contributed by atoms with van der Waals surface area (Å²) < 4.78 is 10.3. The van der Waals surface area contributed by atoms with Gasteiger partial charge in [-0.2, -0.15) is 0 Å². The second-order valence-electron chi connectivity index (χ2n) is 4.86. The highest BCUT2D eigenvalue weighted by atomic mass is 16.5. The van der Waals surface area contributed by atoms with E-state index in [4.69, 9.17) is 9.26 Å². The Labute approximate surface area is 120 Å². The molecule has 114 valence electrons. The lowest BCUT2D eigenvalue weighted by Gasteiger charge is -2.14. The summed E-state index contributed by atoms with van der Waals surface area (Å²) in [5.41, 5.74) is 1.95. The highest BCUT2D eigenvalue weighted by molar-refractivity contribution is 5.74. The van der Waals surface area contributed by atoms with Crippen molar-refractivity contribution in [3.63, 3.8) is 0 Å². The second kappa shape index (κ2) is 8.58. The van der Waals surface area contributed by atoms with Gasteiger partial charge >= 0.3 is 6.03 Å². The van der Waals surface area contributed by atoms with Gasteiger partial charge in [-0.3, -0.25) is 0 Å². The van der Waals surface area contributed by atoms with Crippen LogP contribution in [-0.2, 0) is 11.2 Å². The van der Waals surface area contributed by atoms with Gasteiger partial charge in [-0.1, -0.05) is 5.16 Å². The minimum atomic E-state index is -0.152. The van der Waals surface area contributed by atoms with E-state index in [1.165, 1.54) is 0 Å². The average Bonchev–Trinajstić information content (AvgIpc) is 2.70. The quantitative estimate of drug-likeness (QED) is 0.715. The second-order valence-corrected chi connectivity index (χ2v) is 4.86. The predicted octanol–water partition coefficient (Wildman–Crippen LogP) is 1.95. The van der Waals surface area contributed by atoms with Crippen LogP contribution in [0.25, 0.3) is 0 Å². The molecule has 1 unspecified atom stereocenters. The highest BCUT2D eigenvalue weighted by Crippen LogP contribution is 2.14. The van der Waals surface area contributed by atoms with Crippen LogP contribution in [0.4, 0.5) is 4.79 Å². The number of urea groups is 1. The molecule has 1 aromatic heterocycles. The number of nitrogens with one attached hydrogen (secondary N) is 2. The molecule has 0 aliphatic carbocycles. The van der Waals surface area contributed by atoms with E-state index in [9.17, 15) is 4.79 Å². The third-order valence-electron chi connectivity index (χ3n) is 3.02. The van der Waals surface area contributed by atoms with Gasteiger partial charge < -0.3 is 19.9 Å². The molecule has 0 saturated heterocycles. The van der Waals surface area contributed by atoms with Gasteiger partial charge in [0.15, 0.2) is 0 Å². The standard InChI is InChI=1S/C14H25N3O3/c1-5-19-8-6-7-15-14(18)16-10(2)9-13-11(3)17-20-12(13)4/h10H,5-9H2,1-4H3,(H2,15,16,18). The number of hydrogen-bond acceptors (Lipinski definition) is 4.